The van der Waals surface area contributed by atoms with Crippen LogP contribution in [0.1, 0.15) is 6.42 Å². The highest BCUT2D eigenvalue weighted by atomic mass is 19.1. The molecule has 2 heterocycles. The number of halogens is 1. The van der Waals surface area contributed by atoms with Gasteiger partial charge < -0.3 is 25.2 Å². The molecule has 0 bridgehead atoms. The summed E-state index contributed by atoms with van der Waals surface area (Å²) in [6, 6.07) is 6.47. The molecule has 1 amide bonds. The normalized spacial score (nSPS) is 19.0. The molecule has 2 aliphatic heterocycles. The number of carbonyl (C=O) groups is 1. The molecule has 3 rings (SSSR count). The third kappa shape index (κ3) is 4.85. The van der Waals surface area contributed by atoms with Gasteiger partial charge in [0.05, 0.1) is 19.8 Å². The number of carbonyl (C=O) groups excluding carboxylic acids is 1. The number of guanidine groups is 1. The highest BCUT2D eigenvalue weighted by Gasteiger charge is 2.21. The number of aliphatic imine (C=N–C) groups is 1. The lowest BCUT2D eigenvalue weighted by atomic mass is 10.2. The number of hydrogen-bond donors (Lipinski definition) is 1. The zero-order valence-corrected chi connectivity index (χ0v) is 14.9. The molecule has 0 aromatic heterocycles. The maximum absolute atomic E-state index is 13.0. The number of nitrogens with two attached hydrogens (primary N) is 1. The third-order valence-electron chi connectivity index (χ3n) is 4.76. The first-order valence-corrected chi connectivity index (χ1v) is 9.04. The van der Waals surface area contributed by atoms with E-state index in [0.29, 0.717) is 45.2 Å². The van der Waals surface area contributed by atoms with Crippen LogP contribution in [0.15, 0.2) is 29.3 Å². The molecule has 2 fully saturated rings. The lowest BCUT2D eigenvalue weighted by Crippen LogP contribution is -2.49. The summed E-state index contributed by atoms with van der Waals surface area (Å²) in [6.07, 6.45) is 0.363. The summed E-state index contributed by atoms with van der Waals surface area (Å²) in [5, 5.41) is 0. The Morgan fingerprint density at radius 3 is 2.35 bits per heavy atom. The molecule has 142 valence electrons. The van der Waals surface area contributed by atoms with E-state index in [2.05, 4.69) is 9.89 Å². The summed E-state index contributed by atoms with van der Waals surface area (Å²) in [5.74, 6) is 0.351. The van der Waals surface area contributed by atoms with Crippen molar-refractivity contribution in [2.45, 2.75) is 6.42 Å². The third-order valence-corrected chi connectivity index (χ3v) is 4.76. The van der Waals surface area contributed by atoms with E-state index in [1.54, 1.807) is 12.1 Å². The second-order valence-electron chi connectivity index (χ2n) is 6.43. The van der Waals surface area contributed by atoms with Crippen molar-refractivity contribution in [1.82, 2.24) is 9.80 Å². The van der Waals surface area contributed by atoms with Crippen molar-refractivity contribution in [2.75, 3.05) is 63.9 Å². The molecule has 7 nitrogen and oxygen atoms in total. The number of benzene rings is 1. The number of ether oxygens (including phenoxy) is 1. The Morgan fingerprint density at radius 2 is 1.69 bits per heavy atom. The molecule has 26 heavy (non-hydrogen) atoms. The largest absolute Gasteiger partial charge is 0.378 e. The van der Waals surface area contributed by atoms with Gasteiger partial charge >= 0.3 is 0 Å². The van der Waals surface area contributed by atoms with Gasteiger partial charge in [-0.2, -0.15) is 0 Å². The van der Waals surface area contributed by atoms with Crippen LogP contribution in [0, 0.1) is 5.82 Å². The van der Waals surface area contributed by atoms with Crippen LogP contribution in [0.5, 0.6) is 0 Å². The molecule has 0 unspecified atom stereocenters. The molecule has 0 atom stereocenters. The van der Waals surface area contributed by atoms with Gasteiger partial charge in [0, 0.05) is 51.4 Å². The SMILES string of the molecule is NC(=NCCC(=O)N1CCN(c2ccc(F)cc2)CC1)N1CCOCC1. The first kappa shape index (κ1) is 18.4. The van der Waals surface area contributed by atoms with Crippen molar-refractivity contribution in [1.29, 1.82) is 0 Å². The highest BCUT2D eigenvalue weighted by Crippen LogP contribution is 2.17. The van der Waals surface area contributed by atoms with Crippen LogP contribution in [-0.4, -0.2) is 80.7 Å². The molecule has 1 aromatic carbocycles. The Bertz CT molecular complexity index is 623. The number of anilines is 1. The zero-order chi connectivity index (χ0) is 18.4. The summed E-state index contributed by atoms with van der Waals surface area (Å²) in [5.41, 5.74) is 6.96. The van der Waals surface area contributed by atoms with Crippen LogP contribution in [0.3, 0.4) is 0 Å². The van der Waals surface area contributed by atoms with Crippen LogP contribution in [0.4, 0.5) is 10.1 Å². The van der Waals surface area contributed by atoms with E-state index in [1.807, 2.05) is 9.80 Å². The van der Waals surface area contributed by atoms with Gasteiger partial charge in [0.2, 0.25) is 5.91 Å². The molecule has 0 radical (unpaired) electrons. The van der Waals surface area contributed by atoms with E-state index < -0.39 is 0 Å². The lowest BCUT2D eigenvalue weighted by Gasteiger charge is -2.36. The minimum Gasteiger partial charge on any atom is -0.378 e. The number of hydrogen-bond acceptors (Lipinski definition) is 4. The van der Waals surface area contributed by atoms with Crippen molar-refractivity contribution >= 4 is 17.6 Å². The van der Waals surface area contributed by atoms with Gasteiger partial charge in [0.1, 0.15) is 5.82 Å². The van der Waals surface area contributed by atoms with E-state index in [1.165, 1.54) is 12.1 Å². The molecule has 2 saturated heterocycles. The van der Waals surface area contributed by atoms with Gasteiger partial charge in [-0.1, -0.05) is 0 Å². The Kier molecular flexibility index (Phi) is 6.27. The Hall–Kier alpha value is -2.35. The van der Waals surface area contributed by atoms with Gasteiger partial charge in [-0.3, -0.25) is 9.79 Å². The summed E-state index contributed by atoms with van der Waals surface area (Å²) >= 11 is 0. The number of morpholine rings is 1. The van der Waals surface area contributed by atoms with Crippen LogP contribution >= 0.6 is 0 Å². The van der Waals surface area contributed by atoms with E-state index >= 15 is 0 Å². The summed E-state index contributed by atoms with van der Waals surface area (Å²) in [7, 11) is 0. The Balaban J connectivity index is 1.41. The average Bonchev–Trinajstić information content (AvgIpc) is 2.69. The average molecular weight is 363 g/mol. The standard InChI is InChI=1S/C18H26FN5O2/c19-15-1-3-16(4-2-15)22-7-9-23(10-8-22)17(25)5-6-21-18(20)24-11-13-26-14-12-24/h1-4H,5-14H2,(H2,20,21). The second-order valence-corrected chi connectivity index (χ2v) is 6.43. The molecule has 0 spiro atoms. The van der Waals surface area contributed by atoms with Crippen LogP contribution in [-0.2, 0) is 9.53 Å². The maximum atomic E-state index is 13.0. The topological polar surface area (TPSA) is 74.4 Å². The first-order chi connectivity index (χ1) is 12.6. The fourth-order valence-electron chi connectivity index (χ4n) is 3.18. The molecule has 2 aliphatic rings. The number of amides is 1. The maximum Gasteiger partial charge on any atom is 0.224 e. The van der Waals surface area contributed by atoms with Crippen LogP contribution in [0.25, 0.3) is 0 Å². The predicted molar refractivity (Wildman–Crippen MR) is 98.7 cm³/mol. The van der Waals surface area contributed by atoms with Crippen LogP contribution in [0.2, 0.25) is 0 Å². The fraction of sp³-hybridized carbons (Fsp3) is 0.556. The molecule has 1 aromatic rings. The highest BCUT2D eigenvalue weighted by molar-refractivity contribution is 5.80. The summed E-state index contributed by atoms with van der Waals surface area (Å²) in [4.78, 5) is 22.7. The van der Waals surface area contributed by atoms with Gasteiger partial charge in [0.15, 0.2) is 5.96 Å². The van der Waals surface area contributed by atoms with Gasteiger partial charge in [0.25, 0.3) is 0 Å². The quantitative estimate of drug-likeness (QED) is 0.623. The monoisotopic (exact) mass is 363 g/mol. The van der Waals surface area contributed by atoms with Crippen molar-refractivity contribution in [3.05, 3.63) is 30.1 Å². The zero-order valence-electron chi connectivity index (χ0n) is 14.9. The molecule has 0 aliphatic carbocycles. The van der Waals surface area contributed by atoms with Crippen molar-refractivity contribution in [3.8, 4) is 0 Å². The second kappa shape index (κ2) is 8.84. The van der Waals surface area contributed by atoms with E-state index in [0.717, 1.165) is 31.9 Å². The van der Waals surface area contributed by atoms with E-state index in [-0.39, 0.29) is 11.7 Å². The van der Waals surface area contributed by atoms with E-state index in [4.69, 9.17) is 10.5 Å². The van der Waals surface area contributed by atoms with Crippen molar-refractivity contribution < 1.29 is 13.9 Å². The number of rotatable bonds is 4. The summed E-state index contributed by atoms with van der Waals surface area (Å²) < 4.78 is 18.3. The van der Waals surface area contributed by atoms with Crippen molar-refractivity contribution in [2.24, 2.45) is 10.7 Å². The molecule has 2 N–H and O–H groups in total. The molecule has 8 heteroatoms. The van der Waals surface area contributed by atoms with Gasteiger partial charge in [-0.15, -0.1) is 0 Å². The summed E-state index contributed by atoms with van der Waals surface area (Å²) in [6.45, 7) is 6.04. The fourth-order valence-corrected chi connectivity index (χ4v) is 3.18. The molecular formula is C18H26FN5O2. The van der Waals surface area contributed by atoms with Crippen LogP contribution < -0.4 is 10.6 Å². The smallest absolute Gasteiger partial charge is 0.224 e. The minimum atomic E-state index is -0.237. The van der Waals surface area contributed by atoms with Gasteiger partial charge in [-0.25, -0.2) is 4.39 Å². The minimum absolute atomic E-state index is 0.0993. The first-order valence-electron chi connectivity index (χ1n) is 9.04. The van der Waals surface area contributed by atoms with Gasteiger partial charge in [-0.05, 0) is 24.3 Å². The van der Waals surface area contributed by atoms with Crippen molar-refractivity contribution in [3.63, 3.8) is 0 Å². The Labute approximate surface area is 153 Å². The number of piperazine rings is 1. The molecular weight excluding hydrogens is 337 g/mol. The predicted octanol–water partition coefficient (Wildman–Crippen LogP) is 0.511. The Morgan fingerprint density at radius 1 is 1.04 bits per heavy atom. The molecule has 0 saturated carbocycles. The number of nitrogens with zero attached hydrogens (tertiary/aromatic N) is 4. The van der Waals surface area contributed by atoms with E-state index in [9.17, 15) is 9.18 Å². The lowest BCUT2D eigenvalue weighted by molar-refractivity contribution is -0.131.